The second kappa shape index (κ2) is 8.17. The Morgan fingerprint density at radius 2 is 1.81 bits per heavy atom. The molecule has 0 saturated carbocycles. The topological polar surface area (TPSA) is 101 Å². The lowest BCUT2D eigenvalue weighted by Gasteiger charge is -2.22. The molecule has 0 heterocycles. The number of ether oxygens (including phenoxy) is 1. The fourth-order valence-corrected chi connectivity index (χ4v) is 2.85. The first-order valence-corrected chi connectivity index (χ1v) is 7.42. The number of hydrogen-bond acceptors (Lipinski definition) is 5. The highest BCUT2D eigenvalue weighted by Gasteiger charge is 2.36. The molecular formula is C10H16F3NO6S. The molecule has 21 heavy (non-hydrogen) atoms. The molecule has 0 saturated heterocycles. The molecule has 0 rings (SSSR count). The molecule has 0 aliphatic rings. The molecule has 0 aromatic rings. The smallest absolute Gasteiger partial charge is 0.402 e. The van der Waals surface area contributed by atoms with Gasteiger partial charge < -0.3 is 9.84 Å². The van der Waals surface area contributed by atoms with E-state index < -0.39 is 59.8 Å². The number of carboxylic acid groups (broad SMARTS) is 1. The maximum Gasteiger partial charge on any atom is 0.402 e. The number of rotatable bonds is 9. The molecule has 0 aromatic carbocycles. The van der Waals surface area contributed by atoms with Crippen molar-refractivity contribution in [1.82, 2.24) is 4.31 Å². The number of carbonyl (C=O) groups is 2. The van der Waals surface area contributed by atoms with E-state index >= 15 is 0 Å². The fourth-order valence-electron chi connectivity index (χ4n) is 1.37. The number of methoxy groups -OCH3 is 1. The lowest BCUT2D eigenvalue weighted by atomic mass is 10.3. The lowest BCUT2D eigenvalue weighted by Crippen LogP contribution is -2.41. The van der Waals surface area contributed by atoms with E-state index in [1.165, 1.54) is 0 Å². The Bertz CT molecular complexity index is 462. The molecule has 124 valence electrons. The molecule has 1 N–H and O–H groups in total. The van der Waals surface area contributed by atoms with Crippen molar-refractivity contribution in [3.05, 3.63) is 0 Å². The SMILES string of the molecule is COC(=O)CCN(CC(F)(F)F)S(=O)(=O)CCCC(=O)O. The predicted molar refractivity (Wildman–Crippen MR) is 64.9 cm³/mol. The van der Waals surface area contributed by atoms with Gasteiger partial charge in [-0.1, -0.05) is 0 Å². The molecule has 0 aliphatic heterocycles. The summed E-state index contributed by atoms with van der Waals surface area (Å²) >= 11 is 0. The summed E-state index contributed by atoms with van der Waals surface area (Å²) in [5.74, 6) is -2.83. The summed E-state index contributed by atoms with van der Waals surface area (Å²) in [6.45, 7) is -2.42. The molecule has 11 heteroatoms. The number of nitrogens with zero attached hydrogens (tertiary/aromatic N) is 1. The van der Waals surface area contributed by atoms with E-state index in [2.05, 4.69) is 4.74 Å². The zero-order valence-electron chi connectivity index (χ0n) is 11.2. The van der Waals surface area contributed by atoms with E-state index in [0.29, 0.717) is 0 Å². The van der Waals surface area contributed by atoms with Gasteiger partial charge in [-0.05, 0) is 6.42 Å². The monoisotopic (exact) mass is 335 g/mol. The first-order valence-electron chi connectivity index (χ1n) is 5.81. The van der Waals surface area contributed by atoms with Gasteiger partial charge in [-0.15, -0.1) is 0 Å². The number of esters is 1. The number of halogens is 3. The highest BCUT2D eigenvalue weighted by Crippen LogP contribution is 2.19. The van der Waals surface area contributed by atoms with Crippen LogP contribution in [0, 0.1) is 0 Å². The first-order chi connectivity index (χ1) is 9.48. The third-order valence-electron chi connectivity index (χ3n) is 2.33. The van der Waals surface area contributed by atoms with Gasteiger partial charge >= 0.3 is 18.1 Å². The van der Waals surface area contributed by atoms with Crippen molar-refractivity contribution in [2.75, 3.05) is 26.0 Å². The predicted octanol–water partition coefficient (Wildman–Crippen LogP) is 0.608. The summed E-state index contributed by atoms with van der Waals surface area (Å²) in [5, 5.41) is 8.39. The van der Waals surface area contributed by atoms with Gasteiger partial charge in [0.1, 0.15) is 6.54 Å². The van der Waals surface area contributed by atoms with Gasteiger partial charge in [0.15, 0.2) is 0 Å². The summed E-state index contributed by atoms with van der Waals surface area (Å²) in [6, 6.07) is 0. The number of carbonyl (C=O) groups excluding carboxylic acids is 1. The molecule has 0 bridgehead atoms. The Morgan fingerprint density at radius 3 is 2.24 bits per heavy atom. The minimum Gasteiger partial charge on any atom is -0.481 e. The van der Waals surface area contributed by atoms with Crippen LogP contribution in [-0.4, -0.2) is 61.9 Å². The van der Waals surface area contributed by atoms with E-state index in [-0.39, 0.29) is 10.7 Å². The van der Waals surface area contributed by atoms with E-state index in [0.717, 1.165) is 7.11 Å². The average molecular weight is 335 g/mol. The normalized spacial score (nSPS) is 12.4. The molecule has 0 radical (unpaired) electrons. The second-order valence-electron chi connectivity index (χ2n) is 4.09. The summed E-state index contributed by atoms with van der Waals surface area (Å²) in [5.41, 5.74) is 0. The molecule has 0 atom stereocenters. The van der Waals surface area contributed by atoms with Crippen LogP contribution in [-0.2, 0) is 24.3 Å². The van der Waals surface area contributed by atoms with Crippen molar-refractivity contribution in [3.8, 4) is 0 Å². The van der Waals surface area contributed by atoms with E-state index in [1.54, 1.807) is 0 Å². The van der Waals surface area contributed by atoms with Crippen molar-refractivity contribution in [3.63, 3.8) is 0 Å². The molecular weight excluding hydrogens is 319 g/mol. The molecule has 0 aromatic heterocycles. The third kappa shape index (κ3) is 9.24. The Kier molecular flexibility index (Phi) is 7.64. The zero-order chi connectivity index (χ0) is 16.7. The molecule has 0 fully saturated rings. The highest BCUT2D eigenvalue weighted by molar-refractivity contribution is 7.89. The van der Waals surface area contributed by atoms with Gasteiger partial charge in [0.25, 0.3) is 0 Å². The van der Waals surface area contributed by atoms with Gasteiger partial charge in [-0.25, -0.2) is 8.42 Å². The minimum atomic E-state index is -4.77. The van der Waals surface area contributed by atoms with E-state index in [9.17, 15) is 31.2 Å². The van der Waals surface area contributed by atoms with Crippen LogP contribution >= 0.6 is 0 Å². The van der Waals surface area contributed by atoms with Crippen LogP contribution < -0.4 is 0 Å². The van der Waals surface area contributed by atoms with E-state index in [1.807, 2.05) is 0 Å². The number of alkyl halides is 3. The van der Waals surface area contributed by atoms with Crippen molar-refractivity contribution in [1.29, 1.82) is 0 Å². The van der Waals surface area contributed by atoms with Crippen molar-refractivity contribution in [2.24, 2.45) is 0 Å². The lowest BCUT2D eigenvalue weighted by molar-refractivity contribution is -0.144. The maximum atomic E-state index is 12.4. The molecule has 0 spiro atoms. The zero-order valence-corrected chi connectivity index (χ0v) is 12.0. The Labute approximate surface area is 119 Å². The van der Waals surface area contributed by atoms with Gasteiger partial charge in [0.05, 0.1) is 19.3 Å². The average Bonchev–Trinajstić information content (AvgIpc) is 2.31. The Morgan fingerprint density at radius 1 is 1.24 bits per heavy atom. The van der Waals surface area contributed by atoms with Crippen LogP contribution in [0.4, 0.5) is 13.2 Å². The summed E-state index contributed by atoms with van der Waals surface area (Å²) in [4.78, 5) is 21.2. The van der Waals surface area contributed by atoms with Gasteiger partial charge in [-0.3, -0.25) is 9.59 Å². The van der Waals surface area contributed by atoms with Crippen molar-refractivity contribution in [2.45, 2.75) is 25.4 Å². The molecule has 0 aliphatic carbocycles. The number of hydrogen-bond donors (Lipinski definition) is 1. The number of aliphatic carboxylic acids is 1. The van der Waals surface area contributed by atoms with Crippen LogP contribution in [0.5, 0.6) is 0 Å². The standard InChI is InChI=1S/C10H16F3NO6S/c1-20-9(17)4-5-14(7-10(11,12)13)21(18,19)6-2-3-8(15)16/h2-7H2,1H3,(H,15,16). The quantitative estimate of drug-likeness (QED) is 0.620. The molecule has 0 amide bonds. The third-order valence-corrected chi connectivity index (χ3v) is 4.24. The maximum absolute atomic E-state index is 12.4. The highest BCUT2D eigenvalue weighted by atomic mass is 32.2. The largest absolute Gasteiger partial charge is 0.481 e. The first kappa shape index (κ1) is 19.6. The Balaban J connectivity index is 4.82. The van der Waals surface area contributed by atoms with Crippen LogP contribution in [0.3, 0.4) is 0 Å². The second-order valence-corrected chi connectivity index (χ2v) is 6.18. The van der Waals surface area contributed by atoms with Crippen LogP contribution in [0.2, 0.25) is 0 Å². The van der Waals surface area contributed by atoms with Gasteiger partial charge in [-0.2, -0.15) is 17.5 Å². The summed E-state index contributed by atoms with van der Waals surface area (Å²) in [6.07, 6.45) is -6.08. The van der Waals surface area contributed by atoms with Crippen LogP contribution in [0.25, 0.3) is 0 Å². The van der Waals surface area contributed by atoms with E-state index in [4.69, 9.17) is 5.11 Å². The number of carboxylic acids is 1. The van der Waals surface area contributed by atoms with Gasteiger partial charge in [0.2, 0.25) is 10.0 Å². The Hall–Kier alpha value is -1.36. The minimum absolute atomic E-state index is 0.117. The van der Waals surface area contributed by atoms with Gasteiger partial charge in [0, 0.05) is 13.0 Å². The molecule has 0 unspecified atom stereocenters. The molecule has 7 nitrogen and oxygen atoms in total. The summed E-state index contributed by atoms with van der Waals surface area (Å²) in [7, 11) is -3.29. The van der Waals surface area contributed by atoms with Crippen molar-refractivity contribution < 1.29 is 41.0 Å². The van der Waals surface area contributed by atoms with Crippen LogP contribution in [0.1, 0.15) is 19.3 Å². The fraction of sp³-hybridized carbons (Fsp3) is 0.800. The van der Waals surface area contributed by atoms with Crippen molar-refractivity contribution >= 4 is 22.0 Å². The summed E-state index contributed by atoms with van der Waals surface area (Å²) < 4.78 is 65.0. The number of sulfonamides is 1. The van der Waals surface area contributed by atoms with Crippen LogP contribution in [0.15, 0.2) is 0 Å².